The number of hydrogen-bond acceptors (Lipinski definition) is 2. The van der Waals surface area contributed by atoms with Crippen LogP contribution in [0.25, 0.3) is 0 Å². The van der Waals surface area contributed by atoms with Gasteiger partial charge in [0.05, 0.1) is 0 Å². The molecular weight excluding hydrogens is 222 g/mol. The Morgan fingerprint density at radius 3 is 2.50 bits per heavy atom. The normalized spacial score (nSPS) is 18.8. The molecule has 0 spiro atoms. The summed E-state index contributed by atoms with van der Waals surface area (Å²) < 4.78 is 5.44. The molecule has 2 heteroatoms. The van der Waals surface area contributed by atoms with Crippen molar-refractivity contribution < 1.29 is 4.74 Å². The Bertz CT molecular complexity index is 341. The molecular formula is C16H25NO. The van der Waals surface area contributed by atoms with Crippen LogP contribution in [0.15, 0.2) is 24.3 Å². The van der Waals surface area contributed by atoms with Crippen molar-refractivity contribution in [2.75, 3.05) is 20.3 Å². The zero-order chi connectivity index (χ0) is 12.8. The second kappa shape index (κ2) is 6.91. The second-order valence-corrected chi connectivity index (χ2v) is 5.37. The molecule has 0 radical (unpaired) electrons. The molecule has 1 aromatic rings. The predicted octanol–water partition coefficient (Wildman–Crippen LogP) is 2.94. The Hall–Kier alpha value is -0.860. The third kappa shape index (κ3) is 3.82. The fourth-order valence-corrected chi connectivity index (χ4v) is 2.81. The van der Waals surface area contributed by atoms with Crippen LogP contribution >= 0.6 is 0 Å². The lowest BCUT2D eigenvalue weighted by atomic mass is 9.88. The summed E-state index contributed by atoms with van der Waals surface area (Å²) in [6, 6.07) is 9.56. The van der Waals surface area contributed by atoms with Gasteiger partial charge in [-0.25, -0.2) is 0 Å². The second-order valence-electron chi connectivity index (χ2n) is 5.37. The molecule has 0 saturated carbocycles. The minimum Gasteiger partial charge on any atom is -0.381 e. The van der Waals surface area contributed by atoms with Crippen molar-refractivity contribution in [3.8, 4) is 0 Å². The maximum Gasteiger partial charge on any atom is 0.0469 e. The maximum absolute atomic E-state index is 5.44. The summed E-state index contributed by atoms with van der Waals surface area (Å²) in [4.78, 5) is 0. The van der Waals surface area contributed by atoms with E-state index in [0.29, 0.717) is 6.04 Å². The maximum atomic E-state index is 5.44. The molecule has 1 fully saturated rings. The summed E-state index contributed by atoms with van der Waals surface area (Å²) in [7, 11) is 2.09. The number of nitrogens with one attached hydrogen (secondary N) is 1. The van der Waals surface area contributed by atoms with Crippen molar-refractivity contribution in [1.29, 1.82) is 0 Å². The molecule has 18 heavy (non-hydrogen) atoms. The van der Waals surface area contributed by atoms with E-state index in [1.807, 2.05) is 0 Å². The highest BCUT2D eigenvalue weighted by molar-refractivity contribution is 5.21. The summed E-state index contributed by atoms with van der Waals surface area (Å²) >= 11 is 0. The topological polar surface area (TPSA) is 21.3 Å². The Balaban J connectivity index is 1.84. The van der Waals surface area contributed by atoms with Gasteiger partial charge in [-0.1, -0.05) is 29.8 Å². The van der Waals surface area contributed by atoms with Crippen molar-refractivity contribution in [1.82, 2.24) is 5.32 Å². The number of hydrogen-bond donors (Lipinski definition) is 1. The number of aryl methyl sites for hydroxylation is 2. The Morgan fingerprint density at radius 2 is 1.89 bits per heavy atom. The van der Waals surface area contributed by atoms with E-state index in [0.717, 1.165) is 19.1 Å². The zero-order valence-corrected chi connectivity index (χ0v) is 11.6. The van der Waals surface area contributed by atoms with Gasteiger partial charge in [-0.3, -0.25) is 0 Å². The average Bonchev–Trinajstić information content (AvgIpc) is 2.43. The van der Waals surface area contributed by atoms with Crippen LogP contribution in [0.4, 0.5) is 0 Å². The van der Waals surface area contributed by atoms with E-state index >= 15 is 0 Å². The molecule has 1 N–H and O–H groups in total. The third-order valence-corrected chi connectivity index (χ3v) is 4.07. The summed E-state index contributed by atoms with van der Waals surface area (Å²) in [6.45, 7) is 4.02. The summed E-state index contributed by atoms with van der Waals surface area (Å²) in [5.41, 5.74) is 2.79. The minimum atomic E-state index is 0.634. The Labute approximate surface area is 111 Å². The third-order valence-electron chi connectivity index (χ3n) is 4.07. The highest BCUT2D eigenvalue weighted by Crippen LogP contribution is 2.22. The number of rotatable bonds is 5. The lowest BCUT2D eigenvalue weighted by Crippen LogP contribution is -2.37. The van der Waals surface area contributed by atoms with E-state index in [9.17, 15) is 0 Å². The Kier molecular flexibility index (Phi) is 5.21. The molecule has 0 bridgehead atoms. The molecule has 1 aliphatic heterocycles. The summed E-state index contributed by atoms with van der Waals surface area (Å²) in [5.74, 6) is 0.786. The van der Waals surface area contributed by atoms with Crippen LogP contribution < -0.4 is 5.32 Å². The van der Waals surface area contributed by atoms with E-state index in [-0.39, 0.29) is 0 Å². The van der Waals surface area contributed by atoms with Gasteiger partial charge in [0.2, 0.25) is 0 Å². The molecule has 1 saturated heterocycles. The molecule has 1 aliphatic rings. The predicted molar refractivity (Wildman–Crippen MR) is 75.9 cm³/mol. The van der Waals surface area contributed by atoms with Gasteiger partial charge in [-0.2, -0.15) is 0 Å². The van der Waals surface area contributed by atoms with Gasteiger partial charge in [-0.15, -0.1) is 0 Å². The number of benzene rings is 1. The van der Waals surface area contributed by atoms with Gasteiger partial charge < -0.3 is 10.1 Å². The molecule has 0 aromatic heterocycles. The van der Waals surface area contributed by atoms with Gasteiger partial charge in [0, 0.05) is 19.3 Å². The average molecular weight is 247 g/mol. The van der Waals surface area contributed by atoms with Gasteiger partial charge in [0.15, 0.2) is 0 Å². The van der Waals surface area contributed by atoms with Gasteiger partial charge in [0.25, 0.3) is 0 Å². The molecule has 0 amide bonds. The van der Waals surface area contributed by atoms with Crippen molar-refractivity contribution in [3.05, 3.63) is 35.4 Å². The summed E-state index contributed by atoms with van der Waals surface area (Å²) in [5, 5.41) is 3.50. The summed E-state index contributed by atoms with van der Waals surface area (Å²) in [6.07, 6.45) is 4.81. The van der Waals surface area contributed by atoms with E-state index < -0.39 is 0 Å². The highest BCUT2D eigenvalue weighted by atomic mass is 16.5. The van der Waals surface area contributed by atoms with E-state index in [1.165, 1.54) is 36.8 Å². The van der Waals surface area contributed by atoms with Gasteiger partial charge in [0.1, 0.15) is 0 Å². The van der Waals surface area contributed by atoms with Crippen molar-refractivity contribution in [2.24, 2.45) is 5.92 Å². The fraction of sp³-hybridized carbons (Fsp3) is 0.625. The first-order valence-corrected chi connectivity index (χ1v) is 7.10. The van der Waals surface area contributed by atoms with Crippen LogP contribution in [0.2, 0.25) is 0 Å². The minimum absolute atomic E-state index is 0.634. The van der Waals surface area contributed by atoms with Crippen LogP contribution in [0.1, 0.15) is 30.4 Å². The SMILES string of the molecule is CNC(CCc1ccc(C)cc1)C1CCOCC1. The van der Waals surface area contributed by atoms with Crippen LogP contribution in [0, 0.1) is 12.8 Å². The van der Waals surface area contributed by atoms with E-state index in [2.05, 4.69) is 43.6 Å². The molecule has 100 valence electrons. The van der Waals surface area contributed by atoms with Gasteiger partial charge in [-0.05, 0) is 51.1 Å². The molecule has 1 heterocycles. The first kappa shape index (κ1) is 13.6. The lowest BCUT2D eigenvalue weighted by Gasteiger charge is -2.30. The smallest absolute Gasteiger partial charge is 0.0469 e. The highest BCUT2D eigenvalue weighted by Gasteiger charge is 2.22. The molecule has 1 atom stereocenters. The monoisotopic (exact) mass is 247 g/mol. The van der Waals surface area contributed by atoms with Crippen molar-refractivity contribution in [3.63, 3.8) is 0 Å². The van der Waals surface area contributed by atoms with Crippen molar-refractivity contribution >= 4 is 0 Å². The molecule has 1 unspecified atom stereocenters. The van der Waals surface area contributed by atoms with Crippen molar-refractivity contribution in [2.45, 2.75) is 38.6 Å². The first-order valence-electron chi connectivity index (χ1n) is 7.10. The van der Waals surface area contributed by atoms with Crippen LogP contribution in [0.5, 0.6) is 0 Å². The largest absolute Gasteiger partial charge is 0.381 e. The zero-order valence-electron chi connectivity index (χ0n) is 11.6. The van der Waals surface area contributed by atoms with Crippen LogP contribution in [-0.4, -0.2) is 26.3 Å². The Morgan fingerprint density at radius 1 is 1.22 bits per heavy atom. The van der Waals surface area contributed by atoms with Crippen LogP contribution in [-0.2, 0) is 11.2 Å². The number of ether oxygens (including phenoxy) is 1. The molecule has 1 aromatic carbocycles. The quantitative estimate of drug-likeness (QED) is 0.864. The first-order chi connectivity index (χ1) is 8.79. The van der Waals surface area contributed by atoms with Crippen LogP contribution in [0.3, 0.4) is 0 Å². The van der Waals surface area contributed by atoms with E-state index in [4.69, 9.17) is 4.74 Å². The molecule has 2 rings (SSSR count). The van der Waals surface area contributed by atoms with E-state index in [1.54, 1.807) is 0 Å². The fourth-order valence-electron chi connectivity index (χ4n) is 2.81. The molecule has 0 aliphatic carbocycles. The lowest BCUT2D eigenvalue weighted by molar-refractivity contribution is 0.0537. The molecule has 2 nitrogen and oxygen atoms in total. The standard InChI is InChI=1S/C16H25NO/c1-13-3-5-14(6-4-13)7-8-16(17-2)15-9-11-18-12-10-15/h3-6,15-17H,7-12H2,1-2H3. The van der Waals surface area contributed by atoms with Gasteiger partial charge >= 0.3 is 0 Å².